The van der Waals surface area contributed by atoms with E-state index in [9.17, 15) is 19.7 Å². The summed E-state index contributed by atoms with van der Waals surface area (Å²) in [6.45, 7) is 4.14. The molecule has 0 amide bonds. The number of esters is 2. The fourth-order valence-electron chi connectivity index (χ4n) is 4.78. The van der Waals surface area contributed by atoms with E-state index < -0.39 is 28.7 Å². The lowest BCUT2D eigenvalue weighted by Crippen LogP contribution is -2.37. The van der Waals surface area contributed by atoms with Gasteiger partial charge in [0, 0.05) is 41.0 Å². The number of hydrogen-bond acceptors (Lipinski definition) is 9. The summed E-state index contributed by atoms with van der Waals surface area (Å²) >= 11 is 1.64. The lowest BCUT2D eigenvalue weighted by Gasteiger charge is -2.32. The summed E-state index contributed by atoms with van der Waals surface area (Å²) in [7, 11) is 1.28. The zero-order chi connectivity index (χ0) is 29.1. The maximum atomic E-state index is 13.6. The normalized spacial score (nSPS) is 16.9. The second kappa shape index (κ2) is 15.3. The number of ether oxygens (including phenoxy) is 2. The first-order valence-electron chi connectivity index (χ1n) is 13.5. The largest absolute Gasteiger partial charge is 0.468 e. The van der Waals surface area contributed by atoms with Crippen LogP contribution in [-0.2, 0) is 25.5 Å². The van der Waals surface area contributed by atoms with Crippen LogP contribution in [0.25, 0.3) is 0 Å². The molecule has 0 saturated carbocycles. The fraction of sp³-hybridized carbons (Fsp3) is 0.433. The highest BCUT2D eigenvalue weighted by Crippen LogP contribution is 2.42. The van der Waals surface area contributed by atoms with E-state index in [1.54, 1.807) is 23.9 Å². The smallest absolute Gasteiger partial charge is 0.336 e. The molecule has 0 aliphatic carbocycles. The summed E-state index contributed by atoms with van der Waals surface area (Å²) in [6.07, 6.45) is 2.89. The maximum absolute atomic E-state index is 13.6. The van der Waals surface area contributed by atoms with Crippen molar-refractivity contribution in [3.05, 3.63) is 81.0 Å². The van der Waals surface area contributed by atoms with Crippen molar-refractivity contribution in [2.24, 2.45) is 10.9 Å². The number of nitrogens with zero attached hydrogens (tertiary/aromatic N) is 2. The van der Waals surface area contributed by atoms with Gasteiger partial charge in [0.25, 0.3) is 5.69 Å². The molecule has 1 N–H and O–H groups in total. The van der Waals surface area contributed by atoms with E-state index in [2.05, 4.69) is 0 Å². The van der Waals surface area contributed by atoms with Gasteiger partial charge in [0.2, 0.25) is 0 Å². The van der Waals surface area contributed by atoms with Gasteiger partial charge in [-0.1, -0.05) is 44.5 Å². The van der Waals surface area contributed by atoms with E-state index in [-0.39, 0.29) is 24.5 Å². The molecule has 10 heteroatoms. The van der Waals surface area contributed by atoms with E-state index in [0.717, 1.165) is 16.2 Å². The standard InChI is InChI=1S/C30H36N2O7S/c1-4-8-25-28(30(35)39-17-7-18-40-23-13-11-20(12-14-23)15-16-33)26(21-9-6-10-22(19-21)32(36)37)27(29(34)38-3)24(5-2)31-25/h6,9-14,19,26-27,33H,4-5,7-8,15-18H2,1-3H3. The number of carbonyl (C=O) groups is 2. The van der Waals surface area contributed by atoms with Gasteiger partial charge in [-0.3, -0.25) is 19.9 Å². The second-order valence-corrected chi connectivity index (χ2v) is 10.5. The number of carbonyl (C=O) groups excluding carboxylic acids is 2. The number of nitro groups is 1. The first-order valence-corrected chi connectivity index (χ1v) is 14.4. The molecule has 9 nitrogen and oxygen atoms in total. The van der Waals surface area contributed by atoms with Gasteiger partial charge in [-0.15, -0.1) is 11.8 Å². The summed E-state index contributed by atoms with van der Waals surface area (Å²) in [6, 6.07) is 14.0. The van der Waals surface area contributed by atoms with E-state index in [1.807, 2.05) is 38.1 Å². The monoisotopic (exact) mass is 568 g/mol. The summed E-state index contributed by atoms with van der Waals surface area (Å²) in [5, 5.41) is 20.6. The zero-order valence-electron chi connectivity index (χ0n) is 23.1. The zero-order valence-corrected chi connectivity index (χ0v) is 23.9. The van der Waals surface area contributed by atoms with Crippen LogP contribution < -0.4 is 0 Å². The molecule has 0 fully saturated rings. The molecule has 0 spiro atoms. The molecule has 2 unspecified atom stereocenters. The number of methoxy groups -OCH3 is 1. The highest BCUT2D eigenvalue weighted by atomic mass is 32.2. The minimum absolute atomic E-state index is 0.113. The summed E-state index contributed by atoms with van der Waals surface area (Å²) in [5.41, 5.74) is 2.77. The second-order valence-electron chi connectivity index (χ2n) is 9.35. The lowest BCUT2D eigenvalue weighted by atomic mass is 9.74. The van der Waals surface area contributed by atoms with Crippen LogP contribution in [0.2, 0.25) is 0 Å². The minimum atomic E-state index is -0.899. The number of allylic oxidation sites excluding steroid dienone is 1. The molecule has 1 aliphatic heterocycles. The van der Waals surface area contributed by atoms with Gasteiger partial charge in [0.1, 0.15) is 5.92 Å². The lowest BCUT2D eigenvalue weighted by molar-refractivity contribution is -0.384. The van der Waals surface area contributed by atoms with Gasteiger partial charge in [0.15, 0.2) is 0 Å². The number of thioether (sulfide) groups is 1. The Morgan fingerprint density at radius 1 is 1.12 bits per heavy atom. The van der Waals surface area contributed by atoms with Crippen molar-refractivity contribution in [1.82, 2.24) is 0 Å². The molecular weight excluding hydrogens is 532 g/mol. The van der Waals surface area contributed by atoms with Crippen molar-refractivity contribution in [1.29, 1.82) is 0 Å². The van der Waals surface area contributed by atoms with Crippen molar-refractivity contribution in [3.8, 4) is 0 Å². The van der Waals surface area contributed by atoms with Gasteiger partial charge in [-0.25, -0.2) is 4.79 Å². The third kappa shape index (κ3) is 7.79. The van der Waals surface area contributed by atoms with Crippen molar-refractivity contribution in [3.63, 3.8) is 0 Å². The molecule has 214 valence electrons. The third-order valence-electron chi connectivity index (χ3n) is 6.67. The van der Waals surface area contributed by atoms with Gasteiger partial charge in [-0.2, -0.15) is 0 Å². The van der Waals surface area contributed by atoms with Crippen LogP contribution >= 0.6 is 11.8 Å². The van der Waals surface area contributed by atoms with E-state index in [0.29, 0.717) is 49.1 Å². The van der Waals surface area contributed by atoms with Crippen molar-refractivity contribution in [2.45, 2.75) is 56.8 Å². The highest BCUT2D eigenvalue weighted by molar-refractivity contribution is 7.99. The average Bonchev–Trinajstić information content (AvgIpc) is 2.97. The fourth-order valence-corrected chi connectivity index (χ4v) is 5.60. The minimum Gasteiger partial charge on any atom is -0.468 e. The first kappa shape index (κ1) is 31.0. The Labute approximate surface area is 238 Å². The Balaban J connectivity index is 1.84. The number of non-ortho nitro benzene ring substituents is 1. The first-order chi connectivity index (χ1) is 19.3. The van der Waals surface area contributed by atoms with Crippen LogP contribution in [0.3, 0.4) is 0 Å². The number of benzene rings is 2. The Kier molecular flexibility index (Phi) is 11.9. The molecule has 0 radical (unpaired) electrons. The average molecular weight is 569 g/mol. The third-order valence-corrected chi connectivity index (χ3v) is 7.77. The van der Waals surface area contributed by atoms with Gasteiger partial charge >= 0.3 is 11.9 Å². The number of aliphatic imine (C=N–C) groups is 1. The SMILES string of the molecule is CCCC1=C(C(=O)OCCCSc2ccc(CCO)cc2)C(c2cccc([N+](=O)[O-])c2)C(C(=O)OC)C(CC)=N1. The van der Waals surface area contributed by atoms with Gasteiger partial charge in [0.05, 0.1) is 29.9 Å². The van der Waals surface area contributed by atoms with Gasteiger partial charge in [-0.05, 0) is 48.9 Å². The van der Waals surface area contributed by atoms with Crippen molar-refractivity contribution < 1.29 is 29.1 Å². The van der Waals surface area contributed by atoms with Gasteiger partial charge < -0.3 is 14.6 Å². The summed E-state index contributed by atoms with van der Waals surface area (Å²) in [4.78, 5) is 43.5. The predicted octanol–water partition coefficient (Wildman–Crippen LogP) is 5.65. The number of rotatable bonds is 14. The molecule has 2 aromatic rings. The van der Waals surface area contributed by atoms with Crippen molar-refractivity contribution in [2.75, 3.05) is 26.1 Å². The topological polar surface area (TPSA) is 128 Å². The molecule has 1 aliphatic rings. The van der Waals surface area contributed by atoms with E-state index >= 15 is 0 Å². The highest BCUT2D eigenvalue weighted by Gasteiger charge is 2.43. The maximum Gasteiger partial charge on any atom is 0.336 e. The Hall–Kier alpha value is -3.50. The van der Waals surface area contributed by atoms with Crippen LogP contribution in [-0.4, -0.2) is 53.8 Å². The molecule has 3 rings (SSSR count). The Bertz CT molecular complexity index is 1260. The van der Waals surface area contributed by atoms with E-state index in [4.69, 9.17) is 19.6 Å². The van der Waals surface area contributed by atoms with E-state index in [1.165, 1.54) is 19.2 Å². The molecular formula is C30H36N2O7S. The Morgan fingerprint density at radius 3 is 2.50 bits per heavy atom. The number of aliphatic hydroxyl groups is 1. The molecule has 1 heterocycles. The molecule has 0 saturated heterocycles. The predicted molar refractivity (Wildman–Crippen MR) is 155 cm³/mol. The summed E-state index contributed by atoms with van der Waals surface area (Å²) in [5.74, 6) is -2.12. The summed E-state index contributed by atoms with van der Waals surface area (Å²) < 4.78 is 10.8. The van der Waals surface area contributed by atoms with Crippen LogP contribution in [0.4, 0.5) is 5.69 Å². The number of nitro benzene ring substituents is 1. The molecule has 0 bridgehead atoms. The number of hydrogen-bond donors (Lipinski definition) is 1. The van der Waals surface area contributed by atoms with Crippen LogP contribution in [0.5, 0.6) is 0 Å². The number of aliphatic hydroxyl groups excluding tert-OH is 1. The quantitative estimate of drug-likeness (QED) is 0.102. The van der Waals surface area contributed by atoms with Crippen LogP contribution in [0.15, 0.2) is 69.7 Å². The molecule has 2 atom stereocenters. The molecule has 40 heavy (non-hydrogen) atoms. The molecule has 0 aromatic heterocycles. The Morgan fingerprint density at radius 2 is 1.88 bits per heavy atom. The van der Waals surface area contributed by atoms with Crippen molar-refractivity contribution >= 4 is 35.1 Å². The van der Waals surface area contributed by atoms with Crippen LogP contribution in [0, 0.1) is 16.0 Å². The molecule has 2 aromatic carbocycles. The van der Waals surface area contributed by atoms with Crippen LogP contribution in [0.1, 0.15) is 56.6 Å².